The van der Waals surface area contributed by atoms with Gasteiger partial charge in [-0.15, -0.1) is 11.6 Å². The first-order valence-electron chi connectivity index (χ1n) is 6.69. The van der Waals surface area contributed by atoms with Crippen molar-refractivity contribution in [3.8, 4) is 0 Å². The van der Waals surface area contributed by atoms with E-state index in [0.29, 0.717) is 17.9 Å². The van der Waals surface area contributed by atoms with Gasteiger partial charge in [-0.05, 0) is 31.9 Å². The first kappa shape index (κ1) is 12.9. The van der Waals surface area contributed by atoms with Crippen LogP contribution in [0.4, 0.5) is 0 Å². The average Bonchev–Trinajstić information content (AvgIpc) is 2.96. The maximum atomic E-state index is 6.04. The molecular formula is C14H18ClN3O. The van der Waals surface area contributed by atoms with Crippen molar-refractivity contribution >= 4 is 22.8 Å². The lowest BCUT2D eigenvalue weighted by Gasteiger charge is -2.16. The van der Waals surface area contributed by atoms with Gasteiger partial charge in [-0.1, -0.05) is 0 Å². The maximum Gasteiger partial charge on any atom is 0.160 e. The van der Waals surface area contributed by atoms with E-state index in [4.69, 9.17) is 16.3 Å². The molecule has 0 radical (unpaired) electrons. The van der Waals surface area contributed by atoms with E-state index in [-0.39, 0.29) is 0 Å². The number of nitrogens with zero attached hydrogens (tertiary/aromatic N) is 3. The Morgan fingerprint density at radius 2 is 2.37 bits per heavy atom. The number of halogens is 1. The summed E-state index contributed by atoms with van der Waals surface area (Å²) in [7, 11) is 0. The summed E-state index contributed by atoms with van der Waals surface area (Å²) in [4.78, 5) is 9.10. The molecule has 4 nitrogen and oxygen atoms in total. The van der Waals surface area contributed by atoms with Crippen molar-refractivity contribution in [2.24, 2.45) is 5.92 Å². The molecule has 2 aromatic rings. The zero-order valence-electron chi connectivity index (χ0n) is 11.3. The maximum absolute atomic E-state index is 6.04. The lowest BCUT2D eigenvalue weighted by molar-refractivity contribution is 0.102. The number of hydrogen-bond acceptors (Lipinski definition) is 3. The van der Waals surface area contributed by atoms with E-state index in [0.717, 1.165) is 42.1 Å². The van der Waals surface area contributed by atoms with Crippen molar-refractivity contribution in [2.45, 2.75) is 38.8 Å². The molecule has 0 bridgehead atoms. The predicted octanol–water partition coefficient (Wildman–Crippen LogP) is 2.90. The fourth-order valence-corrected chi connectivity index (χ4v) is 2.93. The number of imidazole rings is 1. The Kier molecular flexibility index (Phi) is 3.46. The lowest BCUT2D eigenvalue weighted by atomic mass is 10.0. The Balaban J connectivity index is 2.03. The lowest BCUT2D eigenvalue weighted by Crippen LogP contribution is -2.19. The van der Waals surface area contributed by atoms with Crippen LogP contribution in [-0.4, -0.2) is 27.2 Å². The molecule has 1 aliphatic rings. The average molecular weight is 280 g/mol. The molecule has 1 saturated heterocycles. The molecule has 0 saturated carbocycles. The Morgan fingerprint density at radius 3 is 3.05 bits per heavy atom. The van der Waals surface area contributed by atoms with E-state index >= 15 is 0 Å². The topological polar surface area (TPSA) is 39.9 Å². The van der Waals surface area contributed by atoms with Gasteiger partial charge < -0.3 is 9.30 Å². The number of aromatic nitrogens is 3. The molecule has 102 valence electrons. The molecule has 0 amide bonds. The summed E-state index contributed by atoms with van der Waals surface area (Å²) < 4.78 is 7.79. The number of alkyl halides is 1. The zero-order valence-corrected chi connectivity index (χ0v) is 12.0. The van der Waals surface area contributed by atoms with Crippen LogP contribution in [0.3, 0.4) is 0 Å². The quantitative estimate of drug-likeness (QED) is 0.811. The first-order chi connectivity index (χ1) is 9.20. The van der Waals surface area contributed by atoms with E-state index in [1.807, 2.05) is 12.3 Å². The van der Waals surface area contributed by atoms with Crippen LogP contribution in [0.5, 0.6) is 0 Å². The number of pyridine rings is 1. The summed E-state index contributed by atoms with van der Waals surface area (Å²) in [6.45, 7) is 5.92. The van der Waals surface area contributed by atoms with Crippen LogP contribution in [0, 0.1) is 12.8 Å². The number of hydrogen-bond donors (Lipinski definition) is 0. The molecular weight excluding hydrogens is 262 g/mol. The smallest absolute Gasteiger partial charge is 0.160 e. The Morgan fingerprint density at radius 1 is 1.53 bits per heavy atom. The van der Waals surface area contributed by atoms with Crippen molar-refractivity contribution in [3.05, 3.63) is 23.7 Å². The number of rotatable bonds is 3. The second-order valence-electron chi connectivity index (χ2n) is 5.20. The first-order valence-corrected chi connectivity index (χ1v) is 7.22. The highest BCUT2D eigenvalue weighted by Crippen LogP contribution is 2.26. The van der Waals surface area contributed by atoms with Crippen LogP contribution in [0.1, 0.15) is 24.7 Å². The summed E-state index contributed by atoms with van der Waals surface area (Å²) in [5.41, 5.74) is 3.05. The highest BCUT2D eigenvalue weighted by molar-refractivity contribution is 6.16. The monoisotopic (exact) mass is 279 g/mol. The third kappa shape index (κ3) is 2.23. The molecule has 0 aromatic carbocycles. The highest BCUT2D eigenvalue weighted by Gasteiger charge is 2.26. The second kappa shape index (κ2) is 5.10. The molecule has 0 aliphatic carbocycles. The van der Waals surface area contributed by atoms with E-state index in [1.54, 1.807) is 0 Å². The van der Waals surface area contributed by atoms with Crippen LogP contribution < -0.4 is 0 Å². The highest BCUT2D eigenvalue weighted by atomic mass is 35.5. The van der Waals surface area contributed by atoms with Gasteiger partial charge in [-0.25, -0.2) is 9.97 Å². The fraction of sp³-hybridized carbons (Fsp3) is 0.571. The van der Waals surface area contributed by atoms with Gasteiger partial charge in [0.1, 0.15) is 11.3 Å². The molecule has 1 fully saturated rings. The number of ether oxygens (including phenoxy) is 1. The van der Waals surface area contributed by atoms with Gasteiger partial charge in [0.15, 0.2) is 5.65 Å². The molecule has 1 aliphatic heterocycles. The molecule has 3 rings (SSSR count). The third-order valence-electron chi connectivity index (χ3n) is 3.98. The SMILES string of the molecule is Cc1ccnc2c1nc(CCl)n2CC1CCOC1C. The van der Waals surface area contributed by atoms with Crippen molar-refractivity contribution < 1.29 is 4.74 Å². The van der Waals surface area contributed by atoms with Crippen LogP contribution >= 0.6 is 11.6 Å². The molecule has 2 unspecified atom stereocenters. The Hall–Kier alpha value is -1.13. The number of aryl methyl sites for hydroxylation is 1. The molecule has 2 aromatic heterocycles. The Bertz CT molecular complexity index is 596. The minimum Gasteiger partial charge on any atom is -0.378 e. The summed E-state index contributed by atoms with van der Waals surface area (Å²) in [6.07, 6.45) is 3.22. The van der Waals surface area contributed by atoms with Gasteiger partial charge in [0.2, 0.25) is 0 Å². The summed E-state index contributed by atoms with van der Waals surface area (Å²) >= 11 is 6.04. The van der Waals surface area contributed by atoms with Crippen LogP contribution in [0.2, 0.25) is 0 Å². The van der Waals surface area contributed by atoms with Crippen molar-refractivity contribution in [3.63, 3.8) is 0 Å². The summed E-state index contributed by atoms with van der Waals surface area (Å²) in [6, 6.07) is 1.99. The summed E-state index contributed by atoms with van der Waals surface area (Å²) in [5, 5.41) is 0. The van der Waals surface area contributed by atoms with E-state index in [1.165, 1.54) is 0 Å². The molecule has 2 atom stereocenters. The van der Waals surface area contributed by atoms with Crippen LogP contribution in [0.15, 0.2) is 12.3 Å². The second-order valence-corrected chi connectivity index (χ2v) is 5.46. The normalized spacial score (nSPS) is 23.3. The van der Waals surface area contributed by atoms with Gasteiger partial charge in [0.25, 0.3) is 0 Å². The Labute approximate surface area is 117 Å². The molecule has 0 N–H and O–H groups in total. The third-order valence-corrected chi connectivity index (χ3v) is 4.22. The number of fused-ring (bicyclic) bond motifs is 1. The van der Waals surface area contributed by atoms with Crippen molar-refractivity contribution in [1.29, 1.82) is 0 Å². The summed E-state index contributed by atoms with van der Waals surface area (Å²) in [5.74, 6) is 1.83. The standard InChI is InChI=1S/C14H18ClN3O/c1-9-3-5-16-14-13(9)17-12(7-15)18(14)8-11-4-6-19-10(11)2/h3,5,10-11H,4,6-8H2,1-2H3. The van der Waals surface area contributed by atoms with Crippen molar-refractivity contribution in [2.75, 3.05) is 6.61 Å². The minimum atomic E-state index is 0.297. The zero-order chi connectivity index (χ0) is 13.4. The van der Waals surface area contributed by atoms with Gasteiger partial charge in [0, 0.05) is 25.3 Å². The van der Waals surface area contributed by atoms with Gasteiger partial charge in [-0.2, -0.15) is 0 Å². The fourth-order valence-electron chi connectivity index (χ4n) is 2.73. The van der Waals surface area contributed by atoms with Gasteiger partial charge in [-0.3, -0.25) is 0 Å². The minimum absolute atomic E-state index is 0.297. The van der Waals surface area contributed by atoms with Crippen LogP contribution in [-0.2, 0) is 17.2 Å². The van der Waals surface area contributed by atoms with Gasteiger partial charge >= 0.3 is 0 Å². The molecule has 0 spiro atoms. The molecule has 19 heavy (non-hydrogen) atoms. The predicted molar refractivity (Wildman–Crippen MR) is 75.3 cm³/mol. The molecule has 5 heteroatoms. The molecule has 3 heterocycles. The van der Waals surface area contributed by atoms with E-state index in [2.05, 4.69) is 28.4 Å². The van der Waals surface area contributed by atoms with Crippen molar-refractivity contribution in [1.82, 2.24) is 14.5 Å². The van der Waals surface area contributed by atoms with E-state index in [9.17, 15) is 0 Å². The largest absolute Gasteiger partial charge is 0.378 e. The van der Waals surface area contributed by atoms with E-state index < -0.39 is 0 Å². The van der Waals surface area contributed by atoms with Gasteiger partial charge in [0.05, 0.1) is 12.0 Å². The van der Waals surface area contributed by atoms with Crippen LogP contribution in [0.25, 0.3) is 11.2 Å².